The number of aldehydes is 1. The molecule has 0 aliphatic rings. The lowest BCUT2D eigenvalue weighted by atomic mass is 10.1. The van der Waals surface area contributed by atoms with E-state index >= 15 is 0 Å². The molecule has 0 saturated carbocycles. The van der Waals surface area contributed by atoms with E-state index in [1.54, 1.807) is 50.7 Å². The Hall–Kier alpha value is -3.91. The van der Waals surface area contributed by atoms with Gasteiger partial charge in [0.2, 0.25) is 0 Å². The van der Waals surface area contributed by atoms with Crippen molar-refractivity contribution in [2.45, 2.75) is 6.54 Å². The van der Waals surface area contributed by atoms with Crippen LogP contribution >= 0.6 is 0 Å². The quantitative estimate of drug-likeness (QED) is 0.435. The summed E-state index contributed by atoms with van der Waals surface area (Å²) < 4.78 is 32.5. The van der Waals surface area contributed by atoms with Gasteiger partial charge >= 0.3 is 0 Å². The van der Waals surface area contributed by atoms with Crippen LogP contribution in [0.15, 0.2) is 60.8 Å². The maximum atomic E-state index is 14.4. The largest absolute Gasteiger partial charge is 0.396 e. The predicted octanol–water partition coefficient (Wildman–Crippen LogP) is 4.84. The smallest absolute Gasteiger partial charge is 0.152 e. The van der Waals surface area contributed by atoms with E-state index in [1.807, 2.05) is 6.07 Å². The minimum atomic E-state index is -0.627. The van der Waals surface area contributed by atoms with E-state index in [-0.39, 0.29) is 17.9 Å². The summed E-state index contributed by atoms with van der Waals surface area (Å²) in [7, 11) is 3.25. The van der Waals surface area contributed by atoms with Gasteiger partial charge < -0.3 is 15.8 Å². The van der Waals surface area contributed by atoms with Crippen LogP contribution in [-0.4, -0.2) is 30.5 Å². The number of ether oxygens (including phenoxy) is 1. The molecule has 2 aromatic carbocycles. The van der Waals surface area contributed by atoms with Crippen LogP contribution in [0.4, 0.5) is 20.3 Å². The number of nitrogens with zero attached hydrogens (tertiary/aromatic N) is 2. The summed E-state index contributed by atoms with van der Waals surface area (Å²) in [6.07, 6.45) is 2.07. The molecule has 164 valence electrons. The highest BCUT2D eigenvalue weighted by atomic mass is 19.1. The van der Waals surface area contributed by atoms with Crippen LogP contribution in [0.5, 0.6) is 0 Å². The summed E-state index contributed by atoms with van der Waals surface area (Å²) in [5.74, 6) is -0.657. The van der Waals surface area contributed by atoms with Crippen LogP contribution in [0.2, 0.25) is 0 Å². The average Bonchev–Trinajstić information content (AvgIpc) is 2.79. The van der Waals surface area contributed by atoms with Gasteiger partial charge in [-0.2, -0.15) is 0 Å². The van der Waals surface area contributed by atoms with Crippen molar-refractivity contribution < 1.29 is 18.3 Å². The highest BCUT2D eigenvalue weighted by Crippen LogP contribution is 2.26. The van der Waals surface area contributed by atoms with Crippen molar-refractivity contribution in [2.24, 2.45) is 0 Å². The number of nitrogens with one attached hydrogen (secondary N) is 1. The third-order valence-corrected chi connectivity index (χ3v) is 4.57. The first kappa shape index (κ1) is 22.8. The highest BCUT2D eigenvalue weighted by Gasteiger charge is 2.10. The van der Waals surface area contributed by atoms with E-state index in [4.69, 9.17) is 5.73 Å². The minimum Gasteiger partial charge on any atom is -0.396 e. The monoisotopic (exact) mass is 436 g/mol. The van der Waals surface area contributed by atoms with Gasteiger partial charge in [0.25, 0.3) is 0 Å². The molecule has 4 aromatic rings. The fourth-order valence-corrected chi connectivity index (χ4v) is 3.01. The Kier molecular flexibility index (Phi) is 7.41. The number of anilines is 2. The number of hydrogen-bond donors (Lipinski definition) is 2. The Bertz CT molecular complexity index is 1250. The summed E-state index contributed by atoms with van der Waals surface area (Å²) >= 11 is 0. The molecule has 0 unspecified atom stereocenters. The van der Waals surface area contributed by atoms with Crippen LogP contribution in [0.25, 0.3) is 22.2 Å². The van der Waals surface area contributed by atoms with Crippen molar-refractivity contribution in [3.8, 4) is 11.3 Å². The number of aromatic nitrogens is 2. The molecule has 0 aliphatic carbocycles. The topological polar surface area (TPSA) is 90.1 Å². The fourth-order valence-electron chi connectivity index (χ4n) is 3.01. The lowest BCUT2D eigenvalue weighted by Crippen LogP contribution is -2.07. The Morgan fingerprint density at radius 3 is 2.56 bits per heavy atom. The number of nitrogen functional groups attached to an aromatic ring is 1. The van der Waals surface area contributed by atoms with Crippen molar-refractivity contribution in [3.63, 3.8) is 0 Å². The van der Waals surface area contributed by atoms with Crippen LogP contribution in [0.3, 0.4) is 0 Å². The number of carbonyl (C=O) groups excluding carboxylic acids is 1. The zero-order valence-electron chi connectivity index (χ0n) is 17.6. The van der Waals surface area contributed by atoms with E-state index in [0.29, 0.717) is 40.1 Å². The molecule has 0 saturated heterocycles. The second-order valence-corrected chi connectivity index (χ2v) is 6.89. The van der Waals surface area contributed by atoms with E-state index in [1.165, 1.54) is 18.2 Å². The van der Waals surface area contributed by atoms with E-state index < -0.39 is 5.82 Å². The van der Waals surface area contributed by atoms with Gasteiger partial charge in [0, 0.05) is 49.5 Å². The summed E-state index contributed by atoms with van der Waals surface area (Å²) in [6.45, 7) is 0.162. The zero-order chi connectivity index (χ0) is 23.1. The van der Waals surface area contributed by atoms with Crippen molar-refractivity contribution in [3.05, 3.63) is 83.6 Å². The molecule has 0 bridgehead atoms. The maximum absolute atomic E-state index is 14.4. The van der Waals surface area contributed by atoms with Gasteiger partial charge in [-0.3, -0.25) is 9.78 Å². The van der Waals surface area contributed by atoms with Crippen molar-refractivity contribution in [1.82, 2.24) is 9.97 Å². The van der Waals surface area contributed by atoms with Gasteiger partial charge in [0.05, 0.1) is 22.5 Å². The second kappa shape index (κ2) is 10.4. The Morgan fingerprint density at radius 2 is 1.84 bits per heavy atom. The molecular formula is C24H22F2N4O2. The summed E-state index contributed by atoms with van der Waals surface area (Å²) in [5, 5.41) is 3.86. The molecule has 4 rings (SSSR count). The van der Waals surface area contributed by atoms with Gasteiger partial charge in [-0.25, -0.2) is 13.8 Å². The lowest BCUT2D eigenvalue weighted by Gasteiger charge is -2.12. The first-order valence-electron chi connectivity index (χ1n) is 9.65. The minimum absolute atomic E-state index is 0.0242. The van der Waals surface area contributed by atoms with E-state index in [9.17, 15) is 13.6 Å². The second-order valence-electron chi connectivity index (χ2n) is 6.89. The van der Waals surface area contributed by atoms with E-state index in [2.05, 4.69) is 20.0 Å². The van der Waals surface area contributed by atoms with Crippen molar-refractivity contribution in [2.75, 3.05) is 25.3 Å². The molecule has 0 amide bonds. The van der Waals surface area contributed by atoms with E-state index in [0.717, 1.165) is 5.39 Å². The molecule has 3 N–H and O–H groups in total. The molecule has 0 aliphatic heterocycles. The van der Waals surface area contributed by atoms with Crippen LogP contribution in [0.1, 0.15) is 15.9 Å². The number of methoxy groups -OCH3 is 1. The van der Waals surface area contributed by atoms with Gasteiger partial charge in [-0.15, -0.1) is 0 Å². The van der Waals surface area contributed by atoms with Crippen LogP contribution in [0, 0.1) is 11.6 Å². The molecule has 32 heavy (non-hydrogen) atoms. The van der Waals surface area contributed by atoms with Crippen molar-refractivity contribution >= 4 is 28.7 Å². The average molecular weight is 436 g/mol. The molecule has 8 heteroatoms. The van der Waals surface area contributed by atoms with Crippen LogP contribution in [-0.2, 0) is 11.3 Å². The number of pyridine rings is 2. The zero-order valence-corrected chi connectivity index (χ0v) is 17.6. The third kappa shape index (κ3) is 5.22. The van der Waals surface area contributed by atoms with Crippen molar-refractivity contribution in [1.29, 1.82) is 0 Å². The maximum Gasteiger partial charge on any atom is 0.152 e. The first-order valence-corrected chi connectivity index (χ1v) is 9.65. The molecule has 6 nitrogen and oxygen atoms in total. The Balaban J connectivity index is 0.000000913. The molecule has 0 radical (unpaired) electrons. The summed E-state index contributed by atoms with van der Waals surface area (Å²) in [6, 6.07) is 14.3. The number of carbonyl (C=O) groups is 1. The Morgan fingerprint density at radius 1 is 1.06 bits per heavy atom. The number of hydrogen-bond acceptors (Lipinski definition) is 6. The molecule has 2 aromatic heterocycles. The van der Waals surface area contributed by atoms with Crippen LogP contribution < -0.4 is 11.1 Å². The van der Waals surface area contributed by atoms with Gasteiger partial charge in [0.15, 0.2) is 6.29 Å². The molecule has 0 atom stereocenters. The summed E-state index contributed by atoms with van der Waals surface area (Å²) in [4.78, 5) is 19.3. The Labute approximate surface area is 184 Å². The standard InChI is InChI=1S/C22H16F2N4O.C2H6O/c23-17-9-14(3-4-15(17)12-29)20-6-5-19(25)22(28-20)27-11-16-8-13-2-1-7-26-21(13)10-18(16)24;1-3-2/h1-10,12H,11,25H2,(H,27,28);1-2H3. The van der Waals surface area contributed by atoms with Gasteiger partial charge in [-0.1, -0.05) is 12.1 Å². The molecule has 2 heterocycles. The summed E-state index contributed by atoms with van der Waals surface area (Å²) in [5.41, 5.74) is 8.33. The normalized spacial score (nSPS) is 10.4. The predicted molar refractivity (Wildman–Crippen MR) is 121 cm³/mol. The first-order chi connectivity index (χ1) is 15.5. The van der Waals surface area contributed by atoms with Gasteiger partial charge in [0.1, 0.15) is 17.5 Å². The highest BCUT2D eigenvalue weighted by molar-refractivity contribution is 5.79. The number of benzene rings is 2. The fraction of sp³-hybridized carbons (Fsp3) is 0.125. The third-order valence-electron chi connectivity index (χ3n) is 4.57. The SMILES string of the molecule is COC.Nc1ccc(-c2ccc(C=O)c(F)c2)nc1NCc1cc2cccnc2cc1F. The van der Waals surface area contributed by atoms with Gasteiger partial charge in [-0.05, 0) is 36.4 Å². The number of fused-ring (bicyclic) bond motifs is 1. The number of nitrogens with two attached hydrogens (primary N) is 1. The molecule has 0 fully saturated rings. The number of rotatable bonds is 5. The number of halogens is 2. The molecular weight excluding hydrogens is 414 g/mol. The lowest BCUT2D eigenvalue weighted by molar-refractivity contribution is 0.112. The molecule has 0 spiro atoms.